The predicted octanol–water partition coefficient (Wildman–Crippen LogP) is 0.939. The maximum absolute atomic E-state index is 12.5. The van der Waals surface area contributed by atoms with E-state index in [0.29, 0.717) is 25.2 Å². The van der Waals surface area contributed by atoms with Crippen molar-refractivity contribution >= 4 is 5.97 Å². The molecule has 0 saturated heterocycles. The topological polar surface area (TPSA) is 90.0 Å². The minimum absolute atomic E-state index is 0.290. The van der Waals surface area contributed by atoms with Gasteiger partial charge in [0.05, 0.1) is 12.2 Å². The molecule has 23 heavy (non-hydrogen) atoms. The number of nitrogens with zero attached hydrogens (tertiary/aromatic N) is 4. The molecule has 0 bridgehead atoms. The lowest BCUT2D eigenvalue weighted by Gasteiger charge is -2.19. The van der Waals surface area contributed by atoms with Crippen molar-refractivity contribution in [2.75, 3.05) is 0 Å². The standard InChI is InChI=1S/C16H18N4O3/c21-15(22)13-5-2-6-14-18-19(16(23)20(13)14)9-12-7-10-3-1-4-11(10)8-17-12/h7-8,13H,1-6,9H2,(H,21,22)/t13-/m0/s1. The summed E-state index contributed by atoms with van der Waals surface area (Å²) in [7, 11) is 0. The van der Waals surface area contributed by atoms with Crippen molar-refractivity contribution in [1.29, 1.82) is 0 Å². The van der Waals surface area contributed by atoms with Gasteiger partial charge in [0.25, 0.3) is 0 Å². The van der Waals surface area contributed by atoms with Crippen LogP contribution in [0.15, 0.2) is 17.1 Å². The van der Waals surface area contributed by atoms with E-state index in [1.165, 1.54) is 20.4 Å². The summed E-state index contributed by atoms with van der Waals surface area (Å²) in [6.07, 6.45) is 7.03. The second kappa shape index (κ2) is 5.33. The lowest BCUT2D eigenvalue weighted by molar-refractivity contribution is -0.141. The minimum atomic E-state index is -0.969. The average Bonchev–Trinajstić information content (AvgIpc) is 3.12. The fraction of sp³-hybridized carbons (Fsp3) is 0.500. The molecule has 1 aliphatic heterocycles. The van der Waals surface area contributed by atoms with Gasteiger partial charge in [0, 0.05) is 12.6 Å². The zero-order valence-corrected chi connectivity index (χ0v) is 12.7. The van der Waals surface area contributed by atoms with Crippen LogP contribution in [-0.4, -0.2) is 30.4 Å². The molecule has 7 heteroatoms. The molecule has 2 aromatic rings. The number of hydrogen-bond donors (Lipinski definition) is 1. The number of aromatic nitrogens is 4. The number of rotatable bonds is 3. The van der Waals surface area contributed by atoms with E-state index in [2.05, 4.69) is 10.1 Å². The summed E-state index contributed by atoms with van der Waals surface area (Å²) in [5.74, 6) is -0.405. The van der Waals surface area contributed by atoms with Gasteiger partial charge in [-0.1, -0.05) is 0 Å². The number of hydrogen-bond acceptors (Lipinski definition) is 4. The molecule has 1 atom stereocenters. The average molecular weight is 314 g/mol. The Hall–Kier alpha value is -2.44. The Labute approximate surface area is 132 Å². The van der Waals surface area contributed by atoms with E-state index in [4.69, 9.17) is 0 Å². The molecule has 0 amide bonds. The molecular weight excluding hydrogens is 296 g/mol. The van der Waals surface area contributed by atoms with E-state index in [1.54, 1.807) is 0 Å². The van der Waals surface area contributed by atoms with Crippen molar-refractivity contribution in [2.24, 2.45) is 0 Å². The van der Waals surface area contributed by atoms with Crippen LogP contribution in [0.5, 0.6) is 0 Å². The van der Waals surface area contributed by atoms with Crippen molar-refractivity contribution in [3.05, 3.63) is 45.4 Å². The van der Waals surface area contributed by atoms with Crippen molar-refractivity contribution in [1.82, 2.24) is 19.3 Å². The second-order valence-corrected chi connectivity index (χ2v) is 6.27. The first-order valence-electron chi connectivity index (χ1n) is 8.01. The molecule has 0 radical (unpaired) electrons. The number of fused-ring (bicyclic) bond motifs is 2. The lowest BCUT2D eigenvalue weighted by Crippen LogP contribution is -2.34. The fourth-order valence-corrected chi connectivity index (χ4v) is 3.61. The summed E-state index contributed by atoms with van der Waals surface area (Å²) in [6, 6.07) is 1.25. The molecule has 7 nitrogen and oxygen atoms in total. The van der Waals surface area contributed by atoms with Crippen molar-refractivity contribution < 1.29 is 9.90 Å². The number of carbonyl (C=O) groups is 1. The number of carboxylic acids is 1. The number of aliphatic carboxylic acids is 1. The molecule has 2 aliphatic rings. The van der Waals surface area contributed by atoms with Crippen LogP contribution >= 0.6 is 0 Å². The Morgan fingerprint density at radius 1 is 1.26 bits per heavy atom. The zero-order valence-electron chi connectivity index (χ0n) is 12.7. The molecule has 3 heterocycles. The van der Waals surface area contributed by atoms with Crippen LogP contribution in [0.2, 0.25) is 0 Å². The van der Waals surface area contributed by atoms with Gasteiger partial charge in [0.15, 0.2) is 0 Å². The molecular formula is C16H18N4O3. The quantitative estimate of drug-likeness (QED) is 0.910. The largest absolute Gasteiger partial charge is 0.480 e. The monoisotopic (exact) mass is 314 g/mol. The summed E-state index contributed by atoms with van der Waals surface area (Å²) in [5.41, 5.74) is 3.04. The molecule has 0 aromatic carbocycles. The van der Waals surface area contributed by atoms with Crippen LogP contribution < -0.4 is 5.69 Å². The highest BCUT2D eigenvalue weighted by Gasteiger charge is 2.30. The molecule has 120 valence electrons. The smallest absolute Gasteiger partial charge is 0.347 e. The van der Waals surface area contributed by atoms with Gasteiger partial charge in [-0.15, -0.1) is 0 Å². The summed E-state index contributed by atoms with van der Waals surface area (Å²) in [6.45, 7) is 0.290. The van der Waals surface area contributed by atoms with E-state index in [1.807, 2.05) is 12.3 Å². The van der Waals surface area contributed by atoms with Crippen LogP contribution in [0.4, 0.5) is 0 Å². The van der Waals surface area contributed by atoms with Gasteiger partial charge in [0.2, 0.25) is 0 Å². The van der Waals surface area contributed by atoms with Crippen LogP contribution in [0.3, 0.4) is 0 Å². The van der Waals surface area contributed by atoms with Gasteiger partial charge in [-0.3, -0.25) is 9.55 Å². The van der Waals surface area contributed by atoms with Crippen LogP contribution in [0.25, 0.3) is 0 Å². The van der Waals surface area contributed by atoms with Gasteiger partial charge >= 0.3 is 11.7 Å². The molecule has 2 aromatic heterocycles. The van der Waals surface area contributed by atoms with E-state index >= 15 is 0 Å². The Bertz CT molecular complexity index is 836. The fourth-order valence-electron chi connectivity index (χ4n) is 3.61. The van der Waals surface area contributed by atoms with Crippen LogP contribution in [0.1, 0.15) is 47.9 Å². The highest BCUT2D eigenvalue weighted by atomic mass is 16.4. The normalized spacial score (nSPS) is 19.4. The first-order valence-corrected chi connectivity index (χ1v) is 8.01. The van der Waals surface area contributed by atoms with Gasteiger partial charge < -0.3 is 5.11 Å². The summed E-state index contributed by atoms with van der Waals surface area (Å²) in [4.78, 5) is 28.3. The van der Waals surface area contributed by atoms with Crippen LogP contribution in [0, 0.1) is 0 Å². The summed E-state index contributed by atoms with van der Waals surface area (Å²) < 4.78 is 2.68. The van der Waals surface area contributed by atoms with Crippen molar-refractivity contribution in [2.45, 2.75) is 51.1 Å². The maximum Gasteiger partial charge on any atom is 0.347 e. The number of aryl methyl sites for hydroxylation is 3. The first-order chi connectivity index (χ1) is 11.1. The first kappa shape index (κ1) is 14.2. The third-order valence-corrected chi connectivity index (χ3v) is 4.76. The second-order valence-electron chi connectivity index (χ2n) is 6.27. The summed E-state index contributed by atoms with van der Waals surface area (Å²) in [5, 5.41) is 13.6. The molecule has 0 saturated carbocycles. The molecule has 0 spiro atoms. The third-order valence-electron chi connectivity index (χ3n) is 4.76. The Morgan fingerprint density at radius 3 is 2.91 bits per heavy atom. The Kier molecular flexibility index (Phi) is 3.28. The molecule has 1 N–H and O–H groups in total. The molecule has 4 rings (SSSR count). The number of carboxylic acid groups (broad SMARTS) is 1. The molecule has 1 aliphatic carbocycles. The van der Waals surface area contributed by atoms with E-state index in [9.17, 15) is 14.7 Å². The van der Waals surface area contributed by atoms with E-state index < -0.39 is 12.0 Å². The van der Waals surface area contributed by atoms with Gasteiger partial charge in [-0.25, -0.2) is 14.3 Å². The van der Waals surface area contributed by atoms with Crippen LogP contribution in [-0.2, 0) is 30.6 Å². The predicted molar refractivity (Wildman–Crippen MR) is 81.5 cm³/mol. The van der Waals surface area contributed by atoms with E-state index in [-0.39, 0.29) is 5.69 Å². The molecule has 0 fully saturated rings. The number of pyridine rings is 1. The van der Waals surface area contributed by atoms with Gasteiger partial charge in [0.1, 0.15) is 11.9 Å². The van der Waals surface area contributed by atoms with Gasteiger partial charge in [-0.2, -0.15) is 5.10 Å². The summed E-state index contributed by atoms with van der Waals surface area (Å²) >= 11 is 0. The SMILES string of the molecule is O=C(O)[C@@H]1CCCc2nn(Cc3cc4c(cn3)CCC4)c(=O)n21. The Balaban J connectivity index is 1.68. The highest BCUT2D eigenvalue weighted by Crippen LogP contribution is 2.23. The van der Waals surface area contributed by atoms with Crippen molar-refractivity contribution in [3.8, 4) is 0 Å². The molecule has 0 unspecified atom stereocenters. The third kappa shape index (κ3) is 2.36. The Morgan fingerprint density at radius 2 is 2.09 bits per heavy atom. The van der Waals surface area contributed by atoms with Gasteiger partial charge in [-0.05, 0) is 49.3 Å². The zero-order chi connectivity index (χ0) is 16.0. The highest BCUT2D eigenvalue weighted by molar-refractivity contribution is 5.72. The van der Waals surface area contributed by atoms with Crippen molar-refractivity contribution in [3.63, 3.8) is 0 Å². The van der Waals surface area contributed by atoms with E-state index in [0.717, 1.165) is 31.4 Å². The lowest BCUT2D eigenvalue weighted by atomic mass is 10.1. The maximum atomic E-state index is 12.5. The minimum Gasteiger partial charge on any atom is -0.480 e.